The first-order valence-corrected chi connectivity index (χ1v) is 9.06. The smallest absolute Gasteiger partial charge is 0.278 e. The molecule has 1 atom stereocenters. The molecular weight excluding hydrogens is 383 g/mol. The van der Waals surface area contributed by atoms with Crippen molar-refractivity contribution < 1.29 is 13.7 Å². The lowest BCUT2D eigenvalue weighted by Gasteiger charge is -2.25. The highest BCUT2D eigenvalue weighted by molar-refractivity contribution is 6.30. The first-order valence-electron chi connectivity index (χ1n) is 8.68. The second-order valence-electron chi connectivity index (χ2n) is 6.48. The van der Waals surface area contributed by atoms with E-state index in [2.05, 4.69) is 15.1 Å². The van der Waals surface area contributed by atoms with Crippen molar-refractivity contribution in [1.29, 1.82) is 0 Å². The van der Waals surface area contributed by atoms with Gasteiger partial charge in [-0.05, 0) is 29.8 Å². The molecule has 140 valence electrons. The number of benzene rings is 2. The van der Waals surface area contributed by atoms with Gasteiger partial charge in [-0.15, -0.1) is 0 Å². The predicted octanol–water partition coefficient (Wildman–Crippen LogP) is 4.66. The molecule has 0 fully saturated rings. The van der Waals surface area contributed by atoms with E-state index in [-0.39, 0.29) is 11.9 Å². The van der Waals surface area contributed by atoms with E-state index in [9.17, 15) is 4.39 Å². The van der Waals surface area contributed by atoms with Crippen LogP contribution in [0.1, 0.15) is 17.4 Å². The summed E-state index contributed by atoms with van der Waals surface area (Å²) in [5.74, 6) is 0.504. The molecule has 2 aromatic heterocycles. The number of aromatic nitrogens is 4. The number of fused-ring (bicyclic) bond motifs is 1. The Balaban J connectivity index is 1.42. The van der Waals surface area contributed by atoms with Crippen LogP contribution in [0, 0.1) is 5.82 Å². The summed E-state index contributed by atoms with van der Waals surface area (Å²) < 4.78 is 26.5. The van der Waals surface area contributed by atoms with Crippen LogP contribution in [0.3, 0.4) is 0 Å². The van der Waals surface area contributed by atoms with E-state index in [0.29, 0.717) is 35.6 Å². The summed E-state index contributed by atoms with van der Waals surface area (Å²) in [6, 6.07) is 13.6. The lowest BCUT2D eigenvalue weighted by Crippen LogP contribution is -2.20. The summed E-state index contributed by atoms with van der Waals surface area (Å²) in [6.45, 7) is 0.912. The van der Waals surface area contributed by atoms with Crippen molar-refractivity contribution >= 4 is 11.6 Å². The largest absolute Gasteiger partial charge is 0.365 e. The zero-order valence-electron chi connectivity index (χ0n) is 14.5. The number of nitrogens with zero attached hydrogens (tertiary/aromatic N) is 4. The van der Waals surface area contributed by atoms with Crippen molar-refractivity contribution in [2.45, 2.75) is 19.3 Å². The SMILES string of the molecule is Fc1ccc([C@@H]2Cn3cnc(-c4nc(-c5cccc(Cl)c5)no4)c3CO2)cc1. The van der Waals surface area contributed by atoms with Crippen LogP contribution in [-0.2, 0) is 17.9 Å². The van der Waals surface area contributed by atoms with Gasteiger partial charge in [0.05, 0.1) is 25.2 Å². The Bertz CT molecular complexity index is 1140. The van der Waals surface area contributed by atoms with Crippen molar-refractivity contribution in [2.24, 2.45) is 0 Å². The second kappa shape index (κ2) is 6.85. The summed E-state index contributed by atoms with van der Waals surface area (Å²) in [6.07, 6.45) is 1.56. The topological polar surface area (TPSA) is 66.0 Å². The van der Waals surface area contributed by atoms with Crippen LogP contribution in [0.2, 0.25) is 5.02 Å². The van der Waals surface area contributed by atoms with E-state index >= 15 is 0 Å². The van der Waals surface area contributed by atoms with Gasteiger partial charge >= 0.3 is 0 Å². The van der Waals surface area contributed by atoms with E-state index in [0.717, 1.165) is 16.8 Å². The summed E-state index contributed by atoms with van der Waals surface area (Å²) in [5, 5.41) is 4.63. The molecule has 3 heterocycles. The third-order valence-corrected chi connectivity index (χ3v) is 4.92. The van der Waals surface area contributed by atoms with Crippen LogP contribution in [0.25, 0.3) is 23.0 Å². The Kier molecular flexibility index (Phi) is 4.18. The Morgan fingerprint density at radius 2 is 2.00 bits per heavy atom. The molecule has 2 aromatic carbocycles. The summed E-state index contributed by atoms with van der Waals surface area (Å²) in [4.78, 5) is 8.89. The fourth-order valence-corrected chi connectivity index (χ4v) is 3.44. The molecule has 0 unspecified atom stereocenters. The minimum absolute atomic E-state index is 0.167. The number of hydrogen-bond acceptors (Lipinski definition) is 5. The van der Waals surface area contributed by atoms with Crippen LogP contribution in [-0.4, -0.2) is 19.7 Å². The fourth-order valence-electron chi connectivity index (χ4n) is 3.25. The Labute approximate surface area is 164 Å². The Morgan fingerprint density at radius 1 is 1.14 bits per heavy atom. The molecule has 1 aliphatic heterocycles. The first kappa shape index (κ1) is 17.1. The van der Waals surface area contributed by atoms with Crippen molar-refractivity contribution in [3.05, 3.63) is 77.0 Å². The first-order chi connectivity index (χ1) is 13.7. The standard InChI is InChI=1S/C20H14ClFN4O2/c21-14-3-1-2-13(8-14)19-24-20(28-25-19)18-16-10-27-17(9-26(16)11-23-18)12-4-6-15(22)7-5-12/h1-8,11,17H,9-10H2/t17-/m0/s1. The molecule has 5 rings (SSSR count). The van der Waals surface area contributed by atoms with Crippen LogP contribution in [0.15, 0.2) is 59.4 Å². The number of imidazole rings is 1. The molecular formula is C20H14ClFN4O2. The molecule has 1 aliphatic rings. The Morgan fingerprint density at radius 3 is 2.82 bits per heavy atom. The quantitative estimate of drug-likeness (QED) is 0.503. The van der Waals surface area contributed by atoms with Gasteiger partial charge in [0, 0.05) is 10.6 Å². The van der Waals surface area contributed by atoms with E-state index in [1.54, 1.807) is 30.6 Å². The average molecular weight is 397 g/mol. The maximum absolute atomic E-state index is 13.1. The van der Waals surface area contributed by atoms with Gasteiger partial charge in [-0.2, -0.15) is 4.98 Å². The highest BCUT2D eigenvalue weighted by atomic mass is 35.5. The molecule has 0 radical (unpaired) electrons. The van der Waals surface area contributed by atoms with Crippen molar-refractivity contribution in [3.63, 3.8) is 0 Å². The molecule has 4 aromatic rings. The minimum Gasteiger partial charge on any atom is -0.365 e. The molecule has 0 saturated heterocycles. The molecule has 0 amide bonds. The highest BCUT2D eigenvalue weighted by Crippen LogP contribution is 2.32. The number of halogens is 2. The molecule has 0 bridgehead atoms. The van der Waals surface area contributed by atoms with Crippen molar-refractivity contribution in [1.82, 2.24) is 19.7 Å². The maximum atomic E-state index is 13.1. The van der Waals surface area contributed by atoms with Gasteiger partial charge in [-0.3, -0.25) is 0 Å². The lowest BCUT2D eigenvalue weighted by molar-refractivity contribution is 0.00326. The number of ether oxygens (including phenoxy) is 1. The van der Waals surface area contributed by atoms with Crippen LogP contribution < -0.4 is 0 Å². The summed E-state index contributed by atoms with van der Waals surface area (Å²) >= 11 is 6.03. The highest BCUT2D eigenvalue weighted by Gasteiger charge is 2.26. The average Bonchev–Trinajstić information content (AvgIpc) is 3.35. The molecule has 28 heavy (non-hydrogen) atoms. The molecule has 0 saturated carbocycles. The fraction of sp³-hybridized carbons (Fsp3) is 0.150. The minimum atomic E-state index is -0.267. The van der Waals surface area contributed by atoms with Gasteiger partial charge in [-0.1, -0.05) is 41.0 Å². The van der Waals surface area contributed by atoms with Gasteiger partial charge in [0.25, 0.3) is 5.89 Å². The van der Waals surface area contributed by atoms with Crippen LogP contribution in [0.4, 0.5) is 4.39 Å². The third kappa shape index (κ3) is 3.08. The van der Waals surface area contributed by atoms with E-state index in [1.807, 2.05) is 16.7 Å². The Hall–Kier alpha value is -3.03. The normalized spacial score (nSPS) is 16.1. The predicted molar refractivity (Wildman–Crippen MR) is 99.9 cm³/mol. The maximum Gasteiger partial charge on any atom is 0.278 e. The zero-order valence-corrected chi connectivity index (χ0v) is 15.3. The van der Waals surface area contributed by atoms with E-state index in [1.165, 1.54) is 12.1 Å². The molecule has 8 heteroatoms. The monoisotopic (exact) mass is 396 g/mol. The van der Waals surface area contributed by atoms with Crippen molar-refractivity contribution in [2.75, 3.05) is 0 Å². The number of hydrogen-bond donors (Lipinski definition) is 0. The zero-order chi connectivity index (χ0) is 19.1. The van der Waals surface area contributed by atoms with Gasteiger partial charge in [0.2, 0.25) is 5.82 Å². The summed E-state index contributed by atoms with van der Waals surface area (Å²) in [7, 11) is 0. The van der Waals surface area contributed by atoms with Gasteiger partial charge < -0.3 is 13.8 Å². The lowest BCUT2D eigenvalue weighted by atomic mass is 10.1. The third-order valence-electron chi connectivity index (χ3n) is 4.68. The van der Waals surface area contributed by atoms with Gasteiger partial charge in [-0.25, -0.2) is 9.37 Å². The van der Waals surface area contributed by atoms with E-state index < -0.39 is 0 Å². The van der Waals surface area contributed by atoms with E-state index in [4.69, 9.17) is 20.9 Å². The van der Waals surface area contributed by atoms with Crippen LogP contribution >= 0.6 is 11.6 Å². The van der Waals surface area contributed by atoms with Crippen LogP contribution in [0.5, 0.6) is 0 Å². The second-order valence-corrected chi connectivity index (χ2v) is 6.91. The molecule has 0 N–H and O–H groups in total. The van der Waals surface area contributed by atoms with Gasteiger partial charge in [0.1, 0.15) is 11.9 Å². The summed E-state index contributed by atoms with van der Waals surface area (Å²) in [5.41, 5.74) is 3.14. The number of rotatable bonds is 3. The molecule has 6 nitrogen and oxygen atoms in total. The molecule has 0 aliphatic carbocycles. The molecule has 0 spiro atoms. The van der Waals surface area contributed by atoms with Gasteiger partial charge in [0.15, 0.2) is 5.69 Å². The van der Waals surface area contributed by atoms with Crippen molar-refractivity contribution in [3.8, 4) is 23.0 Å².